The summed E-state index contributed by atoms with van der Waals surface area (Å²) in [5, 5.41) is 8.12. The van der Waals surface area contributed by atoms with Crippen molar-refractivity contribution >= 4 is 55.2 Å². The molecule has 2 saturated carbocycles. The number of aromatic nitrogens is 3. The maximum absolute atomic E-state index is 14.7. The van der Waals surface area contributed by atoms with Crippen LogP contribution >= 0.6 is 0 Å². The number of carbonyl (C=O) groups is 4. The predicted molar refractivity (Wildman–Crippen MR) is 206 cm³/mol. The molecule has 1 saturated heterocycles. The van der Waals surface area contributed by atoms with E-state index in [0.717, 1.165) is 17.6 Å². The number of amides is 3. The summed E-state index contributed by atoms with van der Waals surface area (Å²) in [6.07, 6.45) is 7.14. The van der Waals surface area contributed by atoms with Crippen molar-refractivity contribution in [1.82, 2.24) is 29.7 Å². The summed E-state index contributed by atoms with van der Waals surface area (Å²) in [7, 11) is -4.02. The molecule has 2 aliphatic carbocycles. The minimum Gasteiger partial charge on any atom is -0.472 e. The quantitative estimate of drug-likeness (QED) is 0.166. The van der Waals surface area contributed by atoms with Gasteiger partial charge in [-0.1, -0.05) is 49.3 Å². The van der Waals surface area contributed by atoms with Crippen LogP contribution in [-0.2, 0) is 24.4 Å². The summed E-state index contributed by atoms with van der Waals surface area (Å²) < 4.78 is 75.7. The number of hydrogen-bond acceptors (Lipinski definition) is 9. The third kappa shape index (κ3) is 7.55. The number of nitrogens with zero attached hydrogens (tertiary/aromatic N) is 4. The van der Waals surface area contributed by atoms with E-state index >= 15 is 0 Å². The van der Waals surface area contributed by atoms with E-state index in [9.17, 15) is 40.8 Å². The van der Waals surface area contributed by atoms with Gasteiger partial charge in [-0.3, -0.25) is 23.9 Å². The van der Waals surface area contributed by atoms with Crippen molar-refractivity contribution in [2.45, 2.75) is 101 Å². The Hall–Kier alpha value is -5.32. The van der Waals surface area contributed by atoms with Crippen LogP contribution in [0.4, 0.5) is 13.2 Å². The highest BCUT2D eigenvalue weighted by atomic mass is 32.2. The number of para-hydroxylation sites is 1. The highest BCUT2D eigenvalue weighted by Crippen LogP contribution is 2.57. The standard InChI is InChI=1S/C41H43F3N6O7S/c1-40(16-17-40)58(55,56)48-38(54)41-21-24(41)9-5-3-2-4-6-12-32(45-35(52)31-15-18-50(47-31)39(43)44)37(53)49-23-26(20-33(49)34(51)22-41)57-36-29-19-25(42)13-14-27(29)28-10-7-8-11-30(28)46-36/h5,7-11,13-15,18-19,24,26,32-33,39H,2-4,6,12,16-17,20-23H2,1H3,(H,45,52)(H,48,54)/b9-5-/t24-,26-,32+,33+,41-/m1/s1. The summed E-state index contributed by atoms with van der Waals surface area (Å²) in [5.74, 6) is -3.60. The second kappa shape index (κ2) is 15.1. The number of hydrogen-bond donors (Lipinski definition) is 2. The number of halogens is 3. The van der Waals surface area contributed by atoms with Crippen molar-refractivity contribution in [2.24, 2.45) is 11.3 Å². The van der Waals surface area contributed by atoms with Gasteiger partial charge >= 0.3 is 6.55 Å². The van der Waals surface area contributed by atoms with Gasteiger partial charge in [0, 0.05) is 29.8 Å². The van der Waals surface area contributed by atoms with Gasteiger partial charge in [-0.2, -0.15) is 13.9 Å². The fraction of sp³-hybridized carbons (Fsp3) is 0.463. The second-order valence-corrected chi connectivity index (χ2v) is 18.3. The summed E-state index contributed by atoms with van der Waals surface area (Å²) in [6.45, 7) is -1.57. The van der Waals surface area contributed by atoms with Crippen molar-refractivity contribution in [3.63, 3.8) is 0 Å². The predicted octanol–water partition coefficient (Wildman–Crippen LogP) is 5.75. The topological polar surface area (TPSA) is 170 Å². The fourth-order valence-electron chi connectivity index (χ4n) is 8.23. The molecule has 0 bridgehead atoms. The number of ketones is 1. The highest BCUT2D eigenvalue weighted by molar-refractivity contribution is 7.91. The van der Waals surface area contributed by atoms with E-state index in [1.165, 1.54) is 17.0 Å². The molecule has 2 N–H and O–H groups in total. The zero-order valence-electron chi connectivity index (χ0n) is 31.7. The lowest BCUT2D eigenvalue weighted by Gasteiger charge is -2.29. The van der Waals surface area contributed by atoms with E-state index in [1.807, 2.05) is 24.3 Å². The Morgan fingerprint density at radius 1 is 1.02 bits per heavy atom. The molecule has 8 rings (SSSR count). The Bertz CT molecular complexity index is 2450. The number of alkyl halides is 2. The lowest BCUT2D eigenvalue weighted by Crippen LogP contribution is -2.52. The summed E-state index contributed by atoms with van der Waals surface area (Å²) in [5.41, 5.74) is -1.12. The lowest BCUT2D eigenvalue weighted by atomic mass is 9.91. The van der Waals surface area contributed by atoms with Crippen LogP contribution in [0.3, 0.4) is 0 Å². The maximum Gasteiger partial charge on any atom is 0.333 e. The van der Waals surface area contributed by atoms with Crippen LogP contribution < -0.4 is 14.8 Å². The van der Waals surface area contributed by atoms with Gasteiger partial charge in [-0.05, 0) is 81.0 Å². The number of nitrogens with one attached hydrogen (secondary N) is 2. The smallest absolute Gasteiger partial charge is 0.333 e. The minimum atomic E-state index is -4.02. The number of pyridine rings is 1. The molecule has 2 aromatic carbocycles. The highest BCUT2D eigenvalue weighted by Gasteiger charge is 2.62. The number of sulfonamides is 1. The Morgan fingerprint density at radius 2 is 1.81 bits per heavy atom. The molecule has 2 aromatic heterocycles. The summed E-state index contributed by atoms with van der Waals surface area (Å²) in [6, 6.07) is 10.3. The summed E-state index contributed by atoms with van der Waals surface area (Å²) >= 11 is 0. The first kappa shape index (κ1) is 39.5. The van der Waals surface area contributed by atoms with Crippen molar-refractivity contribution in [1.29, 1.82) is 0 Å². The molecule has 17 heteroatoms. The molecule has 3 fully saturated rings. The Labute approximate surface area is 332 Å². The monoisotopic (exact) mass is 820 g/mol. The molecule has 5 atom stereocenters. The molecule has 2 aliphatic heterocycles. The third-order valence-electron chi connectivity index (χ3n) is 12.1. The van der Waals surface area contributed by atoms with Gasteiger partial charge in [-0.15, -0.1) is 0 Å². The van der Waals surface area contributed by atoms with E-state index in [1.54, 1.807) is 25.1 Å². The molecule has 306 valence electrons. The minimum absolute atomic E-state index is 0.0517. The molecule has 13 nitrogen and oxygen atoms in total. The van der Waals surface area contributed by atoms with Crippen LogP contribution in [0.1, 0.15) is 88.2 Å². The first-order chi connectivity index (χ1) is 27.7. The van der Waals surface area contributed by atoms with Crippen molar-refractivity contribution in [2.75, 3.05) is 6.54 Å². The number of carbonyl (C=O) groups excluding carboxylic acids is 4. The van der Waals surface area contributed by atoms with Gasteiger partial charge in [-0.25, -0.2) is 22.5 Å². The van der Waals surface area contributed by atoms with Gasteiger partial charge < -0.3 is 15.0 Å². The Morgan fingerprint density at radius 3 is 2.57 bits per heavy atom. The van der Waals surface area contributed by atoms with Crippen molar-refractivity contribution in [3.05, 3.63) is 78.4 Å². The molecule has 4 heterocycles. The van der Waals surface area contributed by atoms with Crippen LogP contribution in [0, 0.1) is 17.2 Å². The molecular weight excluding hydrogens is 778 g/mol. The second-order valence-electron chi connectivity index (χ2n) is 16.2. The van der Waals surface area contributed by atoms with Gasteiger partial charge in [0.15, 0.2) is 5.78 Å². The van der Waals surface area contributed by atoms with E-state index in [2.05, 4.69) is 20.1 Å². The average molecular weight is 821 g/mol. The van der Waals surface area contributed by atoms with Crippen LogP contribution in [-0.4, -0.2) is 81.1 Å². The van der Waals surface area contributed by atoms with E-state index in [0.29, 0.717) is 59.5 Å². The average Bonchev–Trinajstić information content (AvgIpc) is 3.96. The molecule has 58 heavy (non-hydrogen) atoms. The van der Waals surface area contributed by atoms with Gasteiger partial charge in [0.1, 0.15) is 23.7 Å². The van der Waals surface area contributed by atoms with Gasteiger partial charge in [0.25, 0.3) is 5.91 Å². The fourth-order valence-corrected chi connectivity index (χ4v) is 9.57. The molecule has 4 aliphatic rings. The Balaban J connectivity index is 1.13. The van der Waals surface area contributed by atoms with Crippen LogP contribution in [0.15, 0.2) is 66.9 Å². The van der Waals surface area contributed by atoms with Crippen LogP contribution in [0.5, 0.6) is 5.88 Å². The molecular formula is C41H43F3N6O7S. The summed E-state index contributed by atoms with van der Waals surface area (Å²) in [4.78, 5) is 62.5. The van der Waals surface area contributed by atoms with Crippen molar-refractivity contribution in [3.8, 4) is 5.88 Å². The van der Waals surface area contributed by atoms with E-state index in [4.69, 9.17) is 4.74 Å². The number of rotatable bonds is 8. The number of Topliss-reactive ketones (excluding diaryl/α,β-unsaturated/α-hetero) is 1. The number of fused-ring (bicyclic) bond motifs is 5. The van der Waals surface area contributed by atoms with E-state index < -0.39 is 80.2 Å². The molecule has 0 unspecified atom stereocenters. The normalized spacial score (nSPS) is 26.7. The zero-order chi connectivity index (χ0) is 41.0. The largest absolute Gasteiger partial charge is 0.472 e. The van der Waals surface area contributed by atoms with Gasteiger partial charge in [0.05, 0.1) is 28.3 Å². The molecule has 4 aromatic rings. The van der Waals surface area contributed by atoms with Crippen LogP contribution in [0.25, 0.3) is 21.7 Å². The molecule has 3 amide bonds. The third-order valence-corrected chi connectivity index (χ3v) is 14.3. The molecule has 0 spiro atoms. The number of allylic oxidation sites excluding steroid dienone is 2. The van der Waals surface area contributed by atoms with Crippen molar-refractivity contribution < 1.29 is 45.5 Å². The van der Waals surface area contributed by atoms with Gasteiger partial charge in [0.2, 0.25) is 27.7 Å². The number of benzene rings is 2. The first-order valence-corrected chi connectivity index (χ1v) is 21.0. The maximum atomic E-state index is 14.7. The molecule has 0 radical (unpaired) electrons. The lowest BCUT2D eigenvalue weighted by molar-refractivity contribution is -0.140. The Kier molecular flexibility index (Phi) is 10.3. The SMILES string of the molecule is CC1(S(=O)(=O)NC(=O)[C@]23CC(=O)[C@@H]4C[C@@H](Oc5nc6ccccc6c6ccc(F)cc56)CN4C(=O)[C@@H](NC(=O)c4ccn(C(F)F)n4)CCCCC/C=C\[C@@H]2C3)CC1. The number of ether oxygens (including phenoxy) is 1. The van der Waals surface area contributed by atoms with Crippen LogP contribution in [0.2, 0.25) is 0 Å². The first-order valence-electron chi connectivity index (χ1n) is 19.5. The zero-order valence-corrected chi connectivity index (χ0v) is 32.5. The van der Waals surface area contributed by atoms with E-state index in [-0.39, 0.29) is 43.8 Å².